The highest BCUT2D eigenvalue weighted by Gasteiger charge is 2.37. The van der Waals surface area contributed by atoms with Gasteiger partial charge in [0.1, 0.15) is 0 Å². The molecule has 0 spiro atoms. The SMILES string of the molecule is CC(C)(C)C[C@H]([C@@H](O)c1ccccc1)S(=O)(=O)c1ccccc1. The lowest BCUT2D eigenvalue weighted by Gasteiger charge is -2.29. The van der Waals surface area contributed by atoms with Gasteiger partial charge in [-0.25, -0.2) is 8.42 Å². The summed E-state index contributed by atoms with van der Waals surface area (Å²) in [5.41, 5.74) is 0.406. The van der Waals surface area contributed by atoms with Crippen molar-refractivity contribution in [3.8, 4) is 0 Å². The Morgan fingerprint density at radius 1 is 0.913 bits per heavy atom. The molecule has 3 nitrogen and oxygen atoms in total. The van der Waals surface area contributed by atoms with Crippen molar-refractivity contribution < 1.29 is 13.5 Å². The van der Waals surface area contributed by atoms with Gasteiger partial charge < -0.3 is 5.11 Å². The largest absolute Gasteiger partial charge is 0.387 e. The van der Waals surface area contributed by atoms with Gasteiger partial charge in [0.2, 0.25) is 0 Å². The Hall–Kier alpha value is -1.65. The molecule has 0 fully saturated rings. The predicted molar refractivity (Wildman–Crippen MR) is 92.9 cm³/mol. The van der Waals surface area contributed by atoms with Crippen molar-refractivity contribution >= 4 is 9.84 Å². The van der Waals surface area contributed by atoms with E-state index in [1.165, 1.54) is 0 Å². The maximum atomic E-state index is 13.1. The van der Waals surface area contributed by atoms with Crippen LogP contribution in [0.5, 0.6) is 0 Å². The van der Waals surface area contributed by atoms with Gasteiger partial charge in [0.05, 0.1) is 16.2 Å². The fourth-order valence-corrected chi connectivity index (χ4v) is 4.75. The first kappa shape index (κ1) is 17.7. The van der Waals surface area contributed by atoms with Crippen LogP contribution in [0.25, 0.3) is 0 Å². The number of sulfone groups is 1. The lowest BCUT2D eigenvalue weighted by atomic mass is 9.87. The Balaban J connectivity index is 2.46. The van der Waals surface area contributed by atoms with E-state index in [-0.39, 0.29) is 10.3 Å². The maximum absolute atomic E-state index is 13.1. The van der Waals surface area contributed by atoms with Gasteiger partial charge in [-0.15, -0.1) is 0 Å². The Morgan fingerprint density at radius 2 is 1.39 bits per heavy atom. The number of aliphatic hydroxyl groups excluding tert-OH is 1. The highest BCUT2D eigenvalue weighted by atomic mass is 32.2. The highest BCUT2D eigenvalue weighted by molar-refractivity contribution is 7.92. The first-order chi connectivity index (χ1) is 10.7. The van der Waals surface area contributed by atoms with E-state index in [1.807, 2.05) is 39.0 Å². The molecule has 0 heterocycles. The molecule has 0 amide bonds. The van der Waals surface area contributed by atoms with Crippen LogP contribution in [0, 0.1) is 5.41 Å². The Bertz CT molecular complexity index is 716. The van der Waals surface area contributed by atoms with E-state index in [2.05, 4.69) is 0 Å². The molecule has 0 aliphatic carbocycles. The molecular formula is C19H24O3S. The number of aliphatic hydroxyl groups is 1. The summed E-state index contributed by atoms with van der Waals surface area (Å²) in [6.07, 6.45) is -0.680. The third-order valence-corrected chi connectivity index (χ3v) is 5.93. The van der Waals surface area contributed by atoms with Crippen molar-refractivity contribution in [1.82, 2.24) is 0 Å². The van der Waals surface area contributed by atoms with Crippen molar-refractivity contribution in [1.29, 1.82) is 0 Å². The van der Waals surface area contributed by atoms with Crippen LogP contribution in [0.1, 0.15) is 38.9 Å². The van der Waals surface area contributed by atoms with Gasteiger partial charge in [-0.2, -0.15) is 0 Å². The molecule has 2 aromatic carbocycles. The molecule has 2 rings (SSSR count). The molecule has 1 N–H and O–H groups in total. The number of hydrogen-bond donors (Lipinski definition) is 1. The Morgan fingerprint density at radius 3 is 1.87 bits per heavy atom. The first-order valence-corrected chi connectivity index (χ1v) is 9.28. The summed E-state index contributed by atoms with van der Waals surface area (Å²) in [6, 6.07) is 17.4. The van der Waals surface area contributed by atoms with Crippen molar-refractivity contribution in [2.75, 3.05) is 0 Å². The minimum absolute atomic E-state index is 0.220. The van der Waals surface area contributed by atoms with Crippen LogP contribution in [0.4, 0.5) is 0 Å². The summed E-state index contributed by atoms with van der Waals surface area (Å²) in [4.78, 5) is 0.254. The number of hydrogen-bond acceptors (Lipinski definition) is 3. The summed E-state index contributed by atoms with van der Waals surface area (Å²) in [5.74, 6) is 0. The third-order valence-electron chi connectivity index (χ3n) is 3.78. The van der Waals surface area contributed by atoms with E-state index < -0.39 is 21.2 Å². The van der Waals surface area contributed by atoms with Crippen LogP contribution in [0.3, 0.4) is 0 Å². The van der Waals surface area contributed by atoms with Crippen LogP contribution >= 0.6 is 0 Å². The molecule has 0 saturated carbocycles. The van der Waals surface area contributed by atoms with Crippen LogP contribution in [-0.4, -0.2) is 18.8 Å². The molecule has 2 atom stereocenters. The molecule has 0 bridgehead atoms. The monoisotopic (exact) mass is 332 g/mol. The maximum Gasteiger partial charge on any atom is 0.184 e. The van der Waals surface area contributed by atoms with E-state index in [9.17, 15) is 13.5 Å². The zero-order valence-electron chi connectivity index (χ0n) is 13.8. The van der Waals surface area contributed by atoms with Crippen LogP contribution in [0.2, 0.25) is 0 Å². The molecule has 0 aliphatic rings. The number of benzene rings is 2. The second-order valence-corrected chi connectivity index (χ2v) is 9.18. The Labute approximate surface area is 138 Å². The van der Waals surface area contributed by atoms with Gasteiger partial charge in [-0.05, 0) is 29.5 Å². The average molecular weight is 332 g/mol. The molecule has 0 unspecified atom stereocenters. The lowest BCUT2D eigenvalue weighted by Crippen LogP contribution is -2.32. The minimum atomic E-state index is -3.63. The summed E-state index contributed by atoms with van der Waals surface area (Å²) >= 11 is 0. The second kappa shape index (κ2) is 6.85. The van der Waals surface area contributed by atoms with E-state index in [4.69, 9.17) is 0 Å². The minimum Gasteiger partial charge on any atom is -0.387 e. The molecule has 124 valence electrons. The van der Waals surface area contributed by atoms with Gasteiger partial charge in [-0.1, -0.05) is 69.3 Å². The van der Waals surface area contributed by atoms with Crippen LogP contribution in [0.15, 0.2) is 65.6 Å². The fourth-order valence-electron chi connectivity index (χ4n) is 2.64. The van der Waals surface area contributed by atoms with Crippen LogP contribution < -0.4 is 0 Å². The highest BCUT2D eigenvalue weighted by Crippen LogP contribution is 2.35. The topological polar surface area (TPSA) is 54.4 Å². The normalized spacial score (nSPS) is 15.1. The van der Waals surface area contributed by atoms with E-state index in [0.717, 1.165) is 0 Å². The van der Waals surface area contributed by atoms with Crippen molar-refractivity contribution in [3.63, 3.8) is 0 Å². The third kappa shape index (κ3) is 4.43. The predicted octanol–water partition coefficient (Wildman–Crippen LogP) is 4.00. The zero-order valence-corrected chi connectivity index (χ0v) is 14.6. The molecule has 0 aliphatic heterocycles. The zero-order chi connectivity index (χ0) is 17.1. The second-order valence-electron chi connectivity index (χ2n) is 7.02. The molecule has 4 heteroatoms. The van der Waals surface area contributed by atoms with Crippen molar-refractivity contribution in [2.45, 2.75) is 43.4 Å². The molecular weight excluding hydrogens is 308 g/mol. The summed E-state index contributed by atoms with van der Waals surface area (Å²) in [7, 11) is -3.63. The lowest BCUT2D eigenvalue weighted by molar-refractivity contribution is 0.150. The number of rotatable bonds is 5. The standard InChI is InChI=1S/C19H24O3S/c1-19(2,3)14-17(18(20)15-10-6-4-7-11-15)23(21,22)16-12-8-5-9-13-16/h4-13,17-18,20H,14H2,1-3H3/t17-,18+/m1/s1. The first-order valence-electron chi connectivity index (χ1n) is 7.74. The molecule has 0 radical (unpaired) electrons. The van der Waals surface area contributed by atoms with Gasteiger partial charge in [-0.3, -0.25) is 0 Å². The summed E-state index contributed by atoms with van der Waals surface area (Å²) in [5, 5.41) is 9.88. The molecule has 0 saturated heterocycles. The smallest absolute Gasteiger partial charge is 0.184 e. The summed E-state index contributed by atoms with van der Waals surface area (Å²) in [6.45, 7) is 5.95. The fraction of sp³-hybridized carbons (Fsp3) is 0.368. The van der Waals surface area contributed by atoms with E-state index in [0.29, 0.717) is 12.0 Å². The van der Waals surface area contributed by atoms with E-state index in [1.54, 1.807) is 42.5 Å². The summed E-state index contributed by atoms with van der Waals surface area (Å²) < 4.78 is 26.1. The molecule has 0 aromatic heterocycles. The van der Waals surface area contributed by atoms with Crippen molar-refractivity contribution in [2.24, 2.45) is 5.41 Å². The molecule has 23 heavy (non-hydrogen) atoms. The quantitative estimate of drug-likeness (QED) is 0.900. The van der Waals surface area contributed by atoms with Crippen LogP contribution in [-0.2, 0) is 9.84 Å². The van der Waals surface area contributed by atoms with Gasteiger partial charge in [0, 0.05) is 0 Å². The average Bonchev–Trinajstić information content (AvgIpc) is 2.53. The molecule has 2 aromatic rings. The van der Waals surface area contributed by atoms with Gasteiger partial charge >= 0.3 is 0 Å². The van der Waals surface area contributed by atoms with Gasteiger partial charge in [0.25, 0.3) is 0 Å². The Kier molecular flexibility index (Phi) is 5.27. The van der Waals surface area contributed by atoms with Crippen molar-refractivity contribution in [3.05, 3.63) is 66.2 Å². The van der Waals surface area contributed by atoms with Gasteiger partial charge in [0.15, 0.2) is 9.84 Å². The van der Waals surface area contributed by atoms with E-state index >= 15 is 0 Å².